The highest BCUT2D eigenvalue weighted by Gasteiger charge is 2.40. The Balaban J connectivity index is 1.59. The second-order valence-corrected chi connectivity index (χ2v) is 9.25. The van der Waals surface area contributed by atoms with Crippen molar-refractivity contribution < 1.29 is 28.7 Å². The minimum Gasteiger partial charge on any atom is -0.467 e. The Kier molecular flexibility index (Phi) is 8.47. The summed E-state index contributed by atoms with van der Waals surface area (Å²) in [5.41, 5.74) is 2.05. The van der Waals surface area contributed by atoms with Gasteiger partial charge in [-0.05, 0) is 43.2 Å². The van der Waals surface area contributed by atoms with Crippen molar-refractivity contribution in [3.8, 4) is 0 Å². The average Bonchev–Trinajstić information content (AvgIpc) is 3.25. The minimum absolute atomic E-state index is 0.0475. The molecule has 3 atom stereocenters. The first-order valence-electron chi connectivity index (χ1n) is 11.7. The minimum atomic E-state index is -0.791. The molecule has 0 radical (unpaired) electrons. The third-order valence-corrected chi connectivity index (χ3v) is 6.41. The number of benzene rings is 1. The highest BCUT2D eigenvalue weighted by atomic mass is 16.5. The van der Waals surface area contributed by atoms with Crippen molar-refractivity contribution in [2.24, 2.45) is 17.8 Å². The molecular formula is C25H34N2O6. The Morgan fingerprint density at radius 3 is 2.48 bits per heavy atom. The molecule has 2 aliphatic rings. The van der Waals surface area contributed by atoms with Crippen molar-refractivity contribution in [2.75, 3.05) is 25.2 Å². The van der Waals surface area contributed by atoms with Crippen LogP contribution in [0.3, 0.4) is 0 Å². The molecule has 1 N–H and O–H groups in total. The predicted octanol–water partition coefficient (Wildman–Crippen LogP) is 2.63. The zero-order chi connectivity index (χ0) is 24.0. The molecule has 1 aromatic rings. The van der Waals surface area contributed by atoms with Crippen molar-refractivity contribution in [3.05, 3.63) is 29.8 Å². The third kappa shape index (κ3) is 6.12. The number of rotatable bonds is 8. The molecule has 0 aromatic heterocycles. The second-order valence-electron chi connectivity index (χ2n) is 9.25. The SMILES string of the molecule is COC(=O)C(CC(C)C)NC(=O)COC(=O)C1CCCCC1C(=O)N1CCc2ccccc21. The van der Waals surface area contributed by atoms with E-state index in [2.05, 4.69) is 5.32 Å². The number of fused-ring (bicyclic) bond motifs is 1. The van der Waals surface area contributed by atoms with E-state index >= 15 is 0 Å². The molecule has 8 nitrogen and oxygen atoms in total. The maximum Gasteiger partial charge on any atom is 0.328 e. The zero-order valence-electron chi connectivity index (χ0n) is 19.7. The van der Waals surface area contributed by atoms with E-state index in [0.29, 0.717) is 25.8 Å². The van der Waals surface area contributed by atoms with Gasteiger partial charge in [0.1, 0.15) is 6.04 Å². The first-order chi connectivity index (χ1) is 15.8. The van der Waals surface area contributed by atoms with Gasteiger partial charge in [-0.1, -0.05) is 44.9 Å². The van der Waals surface area contributed by atoms with Gasteiger partial charge in [-0.3, -0.25) is 14.4 Å². The van der Waals surface area contributed by atoms with Gasteiger partial charge in [0.25, 0.3) is 5.91 Å². The molecule has 1 aliphatic heterocycles. The van der Waals surface area contributed by atoms with E-state index in [1.54, 1.807) is 4.90 Å². The number of para-hydroxylation sites is 1. The molecule has 3 rings (SSSR count). The van der Waals surface area contributed by atoms with E-state index in [4.69, 9.17) is 9.47 Å². The van der Waals surface area contributed by atoms with E-state index < -0.39 is 42.3 Å². The first-order valence-corrected chi connectivity index (χ1v) is 11.7. The second kappa shape index (κ2) is 11.3. The lowest BCUT2D eigenvalue weighted by molar-refractivity contribution is -0.157. The number of hydrogen-bond acceptors (Lipinski definition) is 6. The van der Waals surface area contributed by atoms with Crippen LogP contribution in [0.4, 0.5) is 5.69 Å². The monoisotopic (exact) mass is 458 g/mol. The van der Waals surface area contributed by atoms with Crippen LogP contribution in [0.1, 0.15) is 51.5 Å². The Labute approximate surface area is 195 Å². The van der Waals surface area contributed by atoms with Gasteiger partial charge in [0.15, 0.2) is 6.61 Å². The molecule has 3 unspecified atom stereocenters. The number of carbonyl (C=O) groups is 4. The maximum atomic E-state index is 13.4. The van der Waals surface area contributed by atoms with Crippen molar-refractivity contribution in [3.63, 3.8) is 0 Å². The zero-order valence-corrected chi connectivity index (χ0v) is 19.7. The van der Waals surface area contributed by atoms with Crippen LogP contribution in [0.15, 0.2) is 24.3 Å². The van der Waals surface area contributed by atoms with Crippen molar-refractivity contribution in [1.29, 1.82) is 0 Å². The molecule has 33 heavy (non-hydrogen) atoms. The fourth-order valence-corrected chi connectivity index (χ4v) is 4.78. The fourth-order valence-electron chi connectivity index (χ4n) is 4.78. The number of nitrogens with zero attached hydrogens (tertiary/aromatic N) is 1. The highest BCUT2D eigenvalue weighted by Crippen LogP contribution is 2.36. The molecule has 1 saturated carbocycles. The molecule has 2 amide bonds. The van der Waals surface area contributed by atoms with Gasteiger partial charge < -0.3 is 19.7 Å². The number of carbonyl (C=O) groups excluding carboxylic acids is 4. The number of esters is 2. The average molecular weight is 459 g/mol. The largest absolute Gasteiger partial charge is 0.467 e. The van der Waals surface area contributed by atoms with Crippen molar-refractivity contribution in [1.82, 2.24) is 5.32 Å². The molecule has 1 aromatic carbocycles. The lowest BCUT2D eigenvalue weighted by Crippen LogP contribution is -2.45. The Hall–Kier alpha value is -2.90. The lowest BCUT2D eigenvalue weighted by Gasteiger charge is -2.32. The molecule has 1 aliphatic carbocycles. The van der Waals surface area contributed by atoms with Crippen molar-refractivity contribution in [2.45, 2.75) is 58.4 Å². The van der Waals surface area contributed by atoms with Crippen LogP contribution in [0, 0.1) is 17.8 Å². The van der Waals surface area contributed by atoms with Gasteiger partial charge in [0, 0.05) is 12.2 Å². The van der Waals surface area contributed by atoms with Crippen LogP contribution in [-0.4, -0.2) is 50.1 Å². The van der Waals surface area contributed by atoms with Crippen LogP contribution in [0.25, 0.3) is 0 Å². The maximum absolute atomic E-state index is 13.4. The molecule has 0 saturated heterocycles. The summed E-state index contributed by atoms with van der Waals surface area (Å²) in [5, 5.41) is 2.58. The van der Waals surface area contributed by atoms with Crippen LogP contribution in [-0.2, 0) is 35.1 Å². The van der Waals surface area contributed by atoms with Gasteiger partial charge in [-0.15, -0.1) is 0 Å². The molecule has 0 bridgehead atoms. The summed E-state index contributed by atoms with van der Waals surface area (Å²) >= 11 is 0. The van der Waals surface area contributed by atoms with Crippen LogP contribution >= 0.6 is 0 Å². The summed E-state index contributed by atoms with van der Waals surface area (Å²) in [5.74, 6) is -2.54. The summed E-state index contributed by atoms with van der Waals surface area (Å²) in [6.07, 6.45) is 4.13. The summed E-state index contributed by atoms with van der Waals surface area (Å²) in [6.45, 7) is 3.99. The Bertz CT molecular complexity index is 883. The topological polar surface area (TPSA) is 102 Å². The number of ether oxygens (including phenoxy) is 2. The number of amides is 2. The van der Waals surface area contributed by atoms with E-state index in [9.17, 15) is 19.2 Å². The Morgan fingerprint density at radius 2 is 1.79 bits per heavy atom. The van der Waals surface area contributed by atoms with Crippen LogP contribution < -0.4 is 10.2 Å². The molecule has 180 valence electrons. The third-order valence-electron chi connectivity index (χ3n) is 6.41. The number of hydrogen-bond donors (Lipinski definition) is 1. The number of nitrogens with one attached hydrogen (secondary N) is 1. The summed E-state index contributed by atoms with van der Waals surface area (Å²) in [7, 11) is 1.26. The summed E-state index contributed by atoms with van der Waals surface area (Å²) in [4.78, 5) is 52.3. The molecule has 1 heterocycles. The molecule has 0 spiro atoms. The van der Waals surface area contributed by atoms with Gasteiger partial charge in [-0.2, -0.15) is 0 Å². The van der Waals surface area contributed by atoms with E-state index in [1.807, 2.05) is 38.1 Å². The van der Waals surface area contributed by atoms with E-state index in [-0.39, 0.29) is 11.8 Å². The molecule has 8 heteroatoms. The summed E-state index contributed by atoms with van der Waals surface area (Å²) < 4.78 is 10.0. The predicted molar refractivity (Wildman–Crippen MR) is 122 cm³/mol. The highest BCUT2D eigenvalue weighted by molar-refractivity contribution is 5.99. The van der Waals surface area contributed by atoms with Crippen molar-refractivity contribution >= 4 is 29.4 Å². The normalized spacial score (nSPS) is 20.7. The van der Waals surface area contributed by atoms with Gasteiger partial charge in [0.05, 0.1) is 18.9 Å². The first kappa shape index (κ1) is 24.7. The van der Waals surface area contributed by atoms with E-state index in [0.717, 1.165) is 30.5 Å². The van der Waals surface area contributed by atoms with Crippen LogP contribution in [0.2, 0.25) is 0 Å². The van der Waals surface area contributed by atoms with E-state index in [1.165, 1.54) is 7.11 Å². The molecule has 1 fully saturated rings. The molecular weight excluding hydrogens is 424 g/mol. The quantitative estimate of drug-likeness (QED) is 0.601. The van der Waals surface area contributed by atoms with Crippen LogP contribution in [0.5, 0.6) is 0 Å². The smallest absolute Gasteiger partial charge is 0.328 e. The Morgan fingerprint density at radius 1 is 1.09 bits per heavy atom. The van der Waals surface area contributed by atoms with Gasteiger partial charge >= 0.3 is 11.9 Å². The number of methoxy groups -OCH3 is 1. The fraction of sp³-hybridized carbons (Fsp3) is 0.600. The number of anilines is 1. The van der Waals surface area contributed by atoms with Gasteiger partial charge in [-0.25, -0.2) is 4.79 Å². The van der Waals surface area contributed by atoms with Gasteiger partial charge in [0.2, 0.25) is 5.91 Å². The summed E-state index contributed by atoms with van der Waals surface area (Å²) in [6, 6.07) is 7.05. The standard InChI is InChI=1S/C25H34N2O6/c1-16(2)14-20(25(31)32-3)26-22(28)15-33-24(30)19-10-6-5-9-18(19)23(29)27-13-12-17-8-4-7-11-21(17)27/h4,7-8,11,16,18-20H,5-6,9-10,12-15H2,1-3H3,(H,26,28). The lowest BCUT2D eigenvalue weighted by atomic mass is 9.78.